The van der Waals surface area contributed by atoms with Crippen molar-refractivity contribution >= 4 is 0 Å². The molecule has 0 bridgehead atoms. The van der Waals surface area contributed by atoms with Gasteiger partial charge in [-0.25, -0.2) is 0 Å². The molecular weight excluding hydrogens is 194 g/mol. The van der Waals surface area contributed by atoms with Crippen molar-refractivity contribution < 1.29 is 0 Å². The van der Waals surface area contributed by atoms with Crippen LogP contribution in [0.5, 0.6) is 0 Å². The SMILES string of the molecule is CC(C)(C)CC(C)(C)c1[c]ccc(C#N)c1. The second-order valence-electron chi connectivity index (χ2n) is 6.22. The lowest BCUT2D eigenvalue weighted by Gasteiger charge is -2.32. The summed E-state index contributed by atoms with van der Waals surface area (Å²) in [5, 5.41) is 8.90. The third kappa shape index (κ3) is 3.38. The summed E-state index contributed by atoms with van der Waals surface area (Å²) in [6.45, 7) is 11.1. The van der Waals surface area contributed by atoms with Crippen LogP contribution in [0.4, 0.5) is 0 Å². The van der Waals surface area contributed by atoms with Crippen molar-refractivity contribution in [3.05, 3.63) is 35.4 Å². The van der Waals surface area contributed by atoms with Gasteiger partial charge in [-0.1, -0.05) is 40.7 Å². The fraction of sp³-hybridized carbons (Fsp3) is 0.533. The van der Waals surface area contributed by atoms with E-state index in [1.54, 1.807) is 6.07 Å². The first-order valence-electron chi connectivity index (χ1n) is 5.67. The first-order valence-corrected chi connectivity index (χ1v) is 5.67. The van der Waals surface area contributed by atoms with Crippen LogP contribution >= 0.6 is 0 Å². The molecule has 0 saturated heterocycles. The predicted molar refractivity (Wildman–Crippen MR) is 67.1 cm³/mol. The zero-order valence-corrected chi connectivity index (χ0v) is 10.9. The van der Waals surface area contributed by atoms with E-state index in [0.29, 0.717) is 0 Å². The first kappa shape index (κ1) is 12.8. The summed E-state index contributed by atoms with van der Waals surface area (Å²) in [6.07, 6.45) is 1.07. The minimum atomic E-state index is 0.0606. The molecule has 1 aromatic rings. The summed E-state index contributed by atoms with van der Waals surface area (Å²) in [5.41, 5.74) is 2.18. The Morgan fingerprint density at radius 2 is 1.88 bits per heavy atom. The predicted octanol–water partition coefficient (Wildman–Crippen LogP) is 4.07. The van der Waals surface area contributed by atoms with E-state index in [1.165, 1.54) is 0 Å². The lowest BCUT2D eigenvalue weighted by molar-refractivity contribution is 0.284. The Balaban J connectivity index is 3.03. The van der Waals surface area contributed by atoms with Crippen LogP contribution in [0.1, 0.15) is 52.2 Å². The van der Waals surface area contributed by atoms with E-state index in [2.05, 4.69) is 46.8 Å². The number of benzene rings is 1. The van der Waals surface area contributed by atoms with Crippen molar-refractivity contribution in [1.82, 2.24) is 0 Å². The van der Waals surface area contributed by atoms with Gasteiger partial charge in [-0.05, 0) is 41.0 Å². The quantitative estimate of drug-likeness (QED) is 0.728. The molecule has 0 spiro atoms. The Labute approximate surface area is 99.1 Å². The van der Waals surface area contributed by atoms with Crippen LogP contribution in [0, 0.1) is 22.8 Å². The minimum Gasteiger partial charge on any atom is -0.192 e. The number of rotatable bonds is 2. The van der Waals surface area contributed by atoms with Gasteiger partial charge in [-0.2, -0.15) is 5.26 Å². The molecular formula is C15H20N. The first-order chi connectivity index (χ1) is 7.24. The zero-order chi connectivity index (χ0) is 12.4. The van der Waals surface area contributed by atoms with Gasteiger partial charge < -0.3 is 0 Å². The summed E-state index contributed by atoms with van der Waals surface area (Å²) < 4.78 is 0. The number of hydrogen-bond donors (Lipinski definition) is 0. The number of hydrogen-bond acceptors (Lipinski definition) is 1. The molecule has 0 aliphatic rings. The topological polar surface area (TPSA) is 23.8 Å². The van der Waals surface area contributed by atoms with E-state index in [-0.39, 0.29) is 10.8 Å². The van der Waals surface area contributed by atoms with Crippen LogP contribution in [0.3, 0.4) is 0 Å². The van der Waals surface area contributed by atoms with Gasteiger partial charge in [0.1, 0.15) is 0 Å². The third-order valence-corrected chi connectivity index (χ3v) is 2.63. The van der Waals surface area contributed by atoms with Gasteiger partial charge in [0, 0.05) is 0 Å². The highest BCUT2D eigenvalue weighted by Crippen LogP contribution is 2.36. The Hall–Kier alpha value is -1.29. The highest BCUT2D eigenvalue weighted by Gasteiger charge is 2.27. The molecule has 0 amide bonds. The maximum absolute atomic E-state index is 8.90. The summed E-state index contributed by atoms with van der Waals surface area (Å²) in [5.74, 6) is 0. The van der Waals surface area contributed by atoms with Crippen molar-refractivity contribution in [1.29, 1.82) is 5.26 Å². The van der Waals surface area contributed by atoms with Gasteiger partial charge in [-0.15, -0.1) is 0 Å². The van der Waals surface area contributed by atoms with Crippen molar-refractivity contribution in [2.45, 2.75) is 46.5 Å². The molecule has 0 heterocycles. The van der Waals surface area contributed by atoms with Crippen LogP contribution in [-0.2, 0) is 5.41 Å². The lowest BCUT2D eigenvalue weighted by atomic mass is 9.72. The van der Waals surface area contributed by atoms with Crippen LogP contribution in [-0.4, -0.2) is 0 Å². The van der Waals surface area contributed by atoms with Crippen molar-refractivity contribution in [2.75, 3.05) is 0 Å². The molecule has 1 nitrogen and oxygen atoms in total. The highest BCUT2D eigenvalue weighted by molar-refractivity contribution is 5.35. The van der Waals surface area contributed by atoms with Crippen molar-refractivity contribution in [2.24, 2.45) is 5.41 Å². The molecule has 16 heavy (non-hydrogen) atoms. The van der Waals surface area contributed by atoms with E-state index in [0.717, 1.165) is 17.5 Å². The molecule has 1 heteroatoms. The summed E-state index contributed by atoms with van der Waals surface area (Å²) in [6, 6.07) is 11.0. The Morgan fingerprint density at radius 1 is 1.25 bits per heavy atom. The maximum Gasteiger partial charge on any atom is 0.0991 e. The standard InChI is InChI=1S/C15H20N/c1-14(2,3)11-15(4,5)13-8-6-7-12(9-13)10-16/h6-7,9H,11H2,1-5H3. The second kappa shape index (κ2) is 4.29. The molecule has 1 rings (SSSR count). The van der Waals surface area contributed by atoms with Crippen LogP contribution in [0.2, 0.25) is 0 Å². The average Bonchev–Trinajstić information content (AvgIpc) is 2.14. The van der Waals surface area contributed by atoms with Crippen molar-refractivity contribution in [3.8, 4) is 6.07 Å². The molecule has 85 valence electrons. The smallest absolute Gasteiger partial charge is 0.0991 e. The van der Waals surface area contributed by atoms with Crippen LogP contribution in [0.25, 0.3) is 0 Å². The molecule has 1 radical (unpaired) electrons. The second-order valence-corrected chi connectivity index (χ2v) is 6.22. The normalized spacial score (nSPS) is 12.2. The van der Waals surface area contributed by atoms with Crippen LogP contribution < -0.4 is 0 Å². The lowest BCUT2D eigenvalue weighted by Crippen LogP contribution is -2.24. The van der Waals surface area contributed by atoms with Gasteiger partial charge >= 0.3 is 0 Å². The Bertz CT molecular complexity index is 402. The van der Waals surface area contributed by atoms with Gasteiger partial charge in [0.15, 0.2) is 0 Å². The van der Waals surface area contributed by atoms with Gasteiger partial charge in [0.05, 0.1) is 11.6 Å². The third-order valence-electron chi connectivity index (χ3n) is 2.63. The molecule has 0 atom stereocenters. The van der Waals surface area contributed by atoms with Crippen molar-refractivity contribution in [3.63, 3.8) is 0 Å². The average molecular weight is 214 g/mol. The van der Waals surface area contributed by atoms with E-state index in [4.69, 9.17) is 5.26 Å². The molecule has 0 aliphatic heterocycles. The fourth-order valence-corrected chi connectivity index (χ4v) is 2.35. The number of nitriles is 1. The van der Waals surface area contributed by atoms with Gasteiger partial charge in [0.25, 0.3) is 0 Å². The summed E-state index contributed by atoms with van der Waals surface area (Å²) in [7, 11) is 0. The van der Waals surface area contributed by atoms with E-state index >= 15 is 0 Å². The fourth-order valence-electron chi connectivity index (χ4n) is 2.35. The van der Waals surface area contributed by atoms with E-state index < -0.39 is 0 Å². The largest absolute Gasteiger partial charge is 0.192 e. The summed E-state index contributed by atoms with van der Waals surface area (Å²) in [4.78, 5) is 0. The monoisotopic (exact) mass is 214 g/mol. The van der Waals surface area contributed by atoms with E-state index in [1.807, 2.05) is 12.1 Å². The molecule has 0 N–H and O–H groups in total. The summed E-state index contributed by atoms with van der Waals surface area (Å²) >= 11 is 0. The van der Waals surface area contributed by atoms with Crippen LogP contribution in [0.15, 0.2) is 18.2 Å². The van der Waals surface area contributed by atoms with Gasteiger partial charge in [0.2, 0.25) is 0 Å². The number of nitrogens with zero attached hydrogens (tertiary/aromatic N) is 1. The molecule has 0 aromatic heterocycles. The Kier molecular flexibility index (Phi) is 3.43. The van der Waals surface area contributed by atoms with Gasteiger partial charge in [-0.3, -0.25) is 0 Å². The zero-order valence-electron chi connectivity index (χ0n) is 10.9. The highest BCUT2D eigenvalue weighted by atomic mass is 14.3. The molecule has 0 saturated carbocycles. The maximum atomic E-state index is 8.90. The molecule has 0 aliphatic carbocycles. The molecule has 0 fully saturated rings. The molecule has 1 aromatic carbocycles. The minimum absolute atomic E-state index is 0.0606. The van der Waals surface area contributed by atoms with E-state index in [9.17, 15) is 0 Å². The molecule has 0 unspecified atom stereocenters. The Morgan fingerprint density at radius 3 is 2.38 bits per heavy atom.